The topological polar surface area (TPSA) is 34.1 Å². The lowest BCUT2D eigenvalue weighted by Gasteiger charge is -2.07. The van der Waals surface area contributed by atoms with Gasteiger partial charge in [-0.2, -0.15) is 0 Å². The molecule has 0 aliphatic carbocycles. The third kappa shape index (κ3) is 15.3. The smallest absolute Gasteiger partial charge is 0.135 e. The van der Waals surface area contributed by atoms with E-state index in [0.717, 1.165) is 32.1 Å². The Bertz CT molecular complexity index is 333. The minimum atomic E-state index is 0.209. The first kappa shape index (κ1) is 24.3. The van der Waals surface area contributed by atoms with Crippen LogP contribution in [0.15, 0.2) is 0 Å². The fraction of sp³-hybridized carbons (Fsp3) is 0.913. The molecule has 1 atom stereocenters. The maximum Gasteiger partial charge on any atom is 0.135 e. The van der Waals surface area contributed by atoms with Crippen molar-refractivity contribution in [3.8, 4) is 0 Å². The van der Waals surface area contributed by atoms with E-state index in [1.165, 1.54) is 64.2 Å². The Labute approximate surface area is 157 Å². The van der Waals surface area contributed by atoms with Crippen LogP contribution >= 0.6 is 0 Å². The standard InChI is InChI=1S/C23H44O2/c1-5-21(4)23(25)19-17-15-13-11-9-7-6-8-10-12-14-16-18-22(24)20(2)3/h20-21H,5-19H2,1-4H3. The average molecular weight is 353 g/mol. The number of rotatable bonds is 18. The van der Waals surface area contributed by atoms with Crippen LogP contribution in [0, 0.1) is 11.8 Å². The first-order valence-electron chi connectivity index (χ1n) is 11.0. The van der Waals surface area contributed by atoms with Crippen molar-refractivity contribution in [3.05, 3.63) is 0 Å². The van der Waals surface area contributed by atoms with Gasteiger partial charge in [0.1, 0.15) is 11.6 Å². The van der Waals surface area contributed by atoms with Gasteiger partial charge in [0, 0.05) is 24.7 Å². The van der Waals surface area contributed by atoms with Crippen molar-refractivity contribution in [1.82, 2.24) is 0 Å². The molecule has 25 heavy (non-hydrogen) atoms. The zero-order valence-electron chi connectivity index (χ0n) is 17.6. The zero-order chi connectivity index (χ0) is 18.9. The quantitative estimate of drug-likeness (QED) is 0.243. The largest absolute Gasteiger partial charge is 0.299 e. The number of unbranched alkanes of at least 4 members (excludes halogenated alkanes) is 11. The van der Waals surface area contributed by atoms with Crippen molar-refractivity contribution in [1.29, 1.82) is 0 Å². The number of Topliss-reactive ketones (excluding diaryl/α,β-unsaturated/α-hetero) is 2. The van der Waals surface area contributed by atoms with Crippen LogP contribution in [0.3, 0.4) is 0 Å². The van der Waals surface area contributed by atoms with Gasteiger partial charge in [0.2, 0.25) is 0 Å². The van der Waals surface area contributed by atoms with Gasteiger partial charge in [0.25, 0.3) is 0 Å². The highest BCUT2D eigenvalue weighted by Gasteiger charge is 2.09. The molecule has 1 unspecified atom stereocenters. The van der Waals surface area contributed by atoms with E-state index in [9.17, 15) is 9.59 Å². The summed E-state index contributed by atoms with van der Waals surface area (Å²) in [5, 5.41) is 0. The van der Waals surface area contributed by atoms with Crippen LogP contribution in [0.4, 0.5) is 0 Å². The molecule has 0 amide bonds. The van der Waals surface area contributed by atoms with E-state index in [1.807, 2.05) is 20.8 Å². The lowest BCUT2D eigenvalue weighted by Crippen LogP contribution is -2.09. The van der Waals surface area contributed by atoms with Crippen molar-refractivity contribution in [2.45, 2.75) is 124 Å². The van der Waals surface area contributed by atoms with Crippen molar-refractivity contribution in [3.63, 3.8) is 0 Å². The van der Waals surface area contributed by atoms with Crippen LogP contribution < -0.4 is 0 Å². The molecule has 0 aliphatic rings. The lowest BCUT2D eigenvalue weighted by atomic mass is 9.98. The summed E-state index contributed by atoms with van der Waals surface area (Å²) in [4.78, 5) is 23.2. The summed E-state index contributed by atoms with van der Waals surface area (Å²) < 4.78 is 0. The summed E-state index contributed by atoms with van der Waals surface area (Å²) >= 11 is 0. The summed E-state index contributed by atoms with van der Waals surface area (Å²) in [7, 11) is 0. The van der Waals surface area contributed by atoms with Crippen molar-refractivity contribution >= 4 is 11.6 Å². The molecule has 0 rings (SSSR count). The second-order valence-electron chi connectivity index (χ2n) is 8.14. The minimum Gasteiger partial charge on any atom is -0.299 e. The van der Waals surface area contributed by atoms with E-state index in [1.54, 1.807) is 0 Å². The van der Waals surface area contributed by atoms with Crippen LogP contribution in [0.5, 0.6) is 0 Å². The summed E-state index contributed by atoms with van der Waals surface area (Å²) in [5.41, 5.74) is 0. The molecule has 0 heterocycles. The van der Waals surface area contributed by atoms with Gasteiger partial charge in [0.15, 0.2) is 0 Å². The molecule has 0 fully saturated rings. The third-order valence-electron chi connectivity index (χ3n) is 5.40. The molecule has 2 heteroatoms. The van der Waals surface area contributed by atoms with Gasteiger partial charge in [-0.1, -0.05) is 91.9 Å². The van der Waals surface area contributed by atoms with Crippen LogP contribution in [0.2, 0.25) is 0 Å². The summed E-state index contributed by atoms with van der Waals surface area (Å²) in [6, 6.07) is 0. The highest BCUT2D eigenvalue weighted by molar-refractivity contribution is 5.80. The Hall–Kier alpha value is -0.660. The Morgan fingerprint density at radius 2 is 0.880 bits per heavy atom. The predicted octanol–water partition coefficient (Wildman–Crippen LogP) is 7.29. The molecule has 0 spiro atoms. The molecule has 0 bridgehead atoms. The van der Waals surface area contributed by atoms with Crippen LogP contribution in [-0.4, -0.2) is 11.6 Å². The average Bonchev–Trinajstić information content (AvgIpc) is 2.60. The van der Waals surface area contributed by atoms with Crippen molar-refractivity contribution < 1.29 is 9.59 Å². The van der Waals surface area contributed by atoms with Gasteiger partial charge in [-0.05, 0) is 19.3 Å². The number of ketones is 2. The van der Waals surface area contributed by atoms with Crippen LogP contribution in [-0.2, 0) is 9.59 Å². The Morgan fingerprint density at radius 3 is 1.20 bits per heavy atom. The van der Waals surface area contributed by atoms with E-state index in [0.29, 0.717) is 11.6 Å². The van der Waals surface area contributed by atoms with E-state index in [4.69, 9.17) is 0 Å². The molecule has 0 aromatic carbocycles. The molecule has 2 nitrogen and oxygen atoms in total. The predicted molar refractivity (Wildman–Crippen MR) is 109 cm³/mol. The number of carbonyl (C=O) groups excluding carboxylic acids is 2. The molecule has 0 aromatic rings. The van der Waals surface area contributed by atoms with Gasteiger partial charge >= 0.3 is 0 Å². The Morgan fingerprint density at radius 1 is 0.560 bits per heavy atom. The molecule has 148 valence electrons. The van der Waals surface area contributed by atoms with Crippen LogP contribution in [0.25, 0.3) is 0 Å². The van der Waals surface area contributed by atoms with Crippen molar-refractivity contribution in [2.75, 3.05) is 0 Å². The van der Waals surface area contributed by atoms with Crippen LogP contribution in [0.1, 0.15) is 124 Å². The fourth-order valence-corrected chi connectivity index (χ4v) is 3.13. The van der Waals surface area contributed by atoms with E-state index in [-0.39, 0.29) is 11.8 Å². The normalized spacial score (nSPS) is 12.5. The molecule has 0 aliphatic heterocycles. The lowest BCUT2D eigenvalue weighted by molar-refractivity contribution is -0.123. The Balaban J connectivity index is 3.19. The van der Waals surface area contributed by atoms with Crippen molar-refractivity contribution in [2.24, 2.45) is 11.8 Å². The maximum atomic E-state index is 11.7. The highest BCUT2D eigenvalue weighted by Crippen LogP contribution is 2.14. The molecular formula is C23H44O2. The monoisotopic (exact) mass is 352 g/mol. The highest BCUT2D eigenvalue weighted by atomic mass is 16.1. The third-order valence-corrected chi connectivity index (χ3v) is 5.40. The molecule has 0 aromatic heterocycles. The molecule has 0 radical (unpaired) electrons. The first-order chi connectivity index (χ1) is 12.0. The molecular weight excluding hydrogens is 308 g/mol. The van der Waals surface area contributed by atoms with Gasteiger partial charge in [-0.25, -0.2) is 0 Å². The number of hydrogen-bond donors (Lipinski definition) is 0. The summed E-state index contributed by atoms with van der Waals surface area (Å²) in [6.07, 6.45) is 17.8. The fourth-order valence-electron chi connectivity index (χ4n) is 3.13. The second kappa shape index (κ2) is 16.8. The van der Waals surface area contributed by atoms with E-state index >= 15 is 0 Å². The Kier molecular flexibility index (Phi) is 16.3. The first-order valence-corrected chi connectivity index (χ1v) is 11.0. The molecule has 0 saturated carbocycles. The number of carbonyl (C=O) groups is 2. The second-order valence-corrected chi connectivity index (χ2v) is 8.14. The van der Waals surface area contributed by atoms with Gasteiger partial charge in [-0.15, -0.1) is 0 Å². The summed E-state index contributed by atoms with van der Waals surface area (Å²) in [6.45, 7) is 8.13. The summed E-state index contributed by atoms with van der Waals surface area (Å²) in [5.74, 6) is 1.34. The van der Waals surface area contributed by atoms with E-state index < -0.39 is 0 Å². The van der Waals surface area contributed by atoms with Gasteiger partial charge < -0.3 is 0 Å². The van der Waals surface area contributed by atoms with E-state index in [2.05, 4.69) is 6.92 Å². The van der Waals surface area contributed by atoms with Gasteiger partial charge in [-0.3, -0.25) is 9.59 Å². The zero-order valence-corrected chi connectivity index (χ0v) is 17.6. The molecule has 0 N–H and O–H groups in total. The maximum absolute atomic E-state index is 11.7. The molecule has 0 saturated heterocycles. The SMILES string of the molecule is CCC(C)C(=O)CCCCCCCCCCCCCCC(=O)C(C)C. The number of hydrogen-bond acceptors (Lipinski definition) is 2. The van der Waals surface area contributed by atoms with Gasteiger partial charge in [0.05, 0.1) is 0 Å². The minimum absolute atomic E-state index is 0.209.